The fourth-order valence-corrected chi connectivity index (χ4v) is 6.48. The van der Waals surface area contributed by atoms with Crippen LogP contribution in [0.3, 0.4) is 0 Å². The Morgan fingerprint density at radius 1 is 1.31 bits per heavy atom. The summed E-state index contributed by atoms with van der Waals surface area (Å²) >= 11 is 1.61. The molecular weight excluding hydrogens is 360 g/mol. The lowest BCUT2D eigenvalue weighted by atomic mass is 10.2. The average molecular weight is 385 g/mol. The van der Waals surface area contributed by atoms with Crippen LogP contribution in [-0.2, 0) is 0 Å². The van der Waals surface area contributed by atoms with Crippen molar-refractivity contribution in [2.75, 3.05) is 6.17 Å². The number of nitrogens with one attached hydrogen (secondary N) is 3. The lowest BCUT2D eigenvalue weighted by molar-refractivity contribution is 0.0924. The summed E-state index contributed by atoms with van der Waals surface area (Å²) in [4.78, 5) is 20.4. The van der Waals surface area contributed by atoms with Crippen molar-refractivity contribution in [2.45, 2.75) is 38.1 Å². The third kappa shape index (κ3) is 3.74. The summed E-state index contributed by atoms with van der Waals surface area (Å²) in [5.41, 5.74) is 2.46. The molecule has 3 heterocycles. The van der Waals surface area contributed by atoms with E-state index in [9.17, 15) is 4.79 Å². The molecule has 1 aliphatic rings. The van der Waals surface area contributed by atoms with Gasteiger partial charge in [0.1, 0.15) is 16.3 Å². The summed E-state index contributed by atoms with van der Waals surface area (Å²) in [6.45, 7) is 4.80. The first-order valence-electron chi connectivity index (χ1n) is 9.09. The third-order valence-corrected chi connectivity index (χ3v) is 8.85. The van der Waals surface area contributed by atoms with E-state index >= 15 is 0 Å². The zero-order chi connectivity index (χ0) is 18.1. The van der Waals surface area contributed by atoms with Gasteiger partial charge in [0.15, 0.2) is 0 Å². The number of hydrogen-bond acceptors (Lipinski definition) is 4. The van der Waals surface area contributed by atoms with Crippen molar-refractivity contribution in [3.8, 4) is 10.6 Å². The SMILES string of the molecule is C[Si]1(C)CCC[C@H](NC(=O)c2cc3sc(-c4ccccc4)nc3[nH]2)NC1. The highest BCUT2D eigenvalue weighted by Gasteiger charge is 2.26. The Bertz CT molecular complexity index is 887. The van der Waals surface area contributed by atoms with Gasteiger partial charge in [-0.1, -0.05) is 55.9 Å². The Hall–Kier alpha value is -1.96. The van der Waals surface area contributed by atoms with Gasteiger partial charge < -0.3 is 15.6 Å². The Labute approximate surface area is 158 Å². The largest absolute Gasteiger partial charge is 0.335 e. The predicted octanol–water partition coefficient (Wildman–Crippen LogP) is 3.98. The van der Waals surface area contributed by atoms with Crippen LogP contribution < -0.4 is 10.6 Å². The number of thiazole rings is 1. The molecule has 0 bridgehead atoms. The molecule has 3 aromatic rings. The molecule has 136 valence electrons. The second-order valence-corrected chi connectivity index (χ2v) is 14.0. The molecule has 0 aliphatic carbocycles. The second kappa shape index (κ2) is 6.98. The van der Waals surface area contributed by atoms with Crippen LogP contribution in [0.2, 0.25) is 19.1 Å². The molecule has 1 atom stereocenters. The molecule has 0 saturated carbocycles. The summed E-state index contributed by atoms with van der Waals surface area (Å²) in [6, 6.07) is 13.3. The van der Waals surface area contributed by atoms with Crippen LogP contribution >= 0.6 is 11.3 Å². The maximum atomic E-state index is 12.6. The first kappa shape index (κ1) is 17.5. The van der Waals surface area contributed by atoms with Crippen LogP contribution in [0.4, 0.5) is 0 Å². The molecule has 0 radical (unpaired) electrons. The maximum Gasteiger partial charge on any atom is 0.269 e. The lowest BCUT2D eigenvalue weighted by Gasteiger charge is -2.21. The summed E-state index contributed by atoms with van der Waals surface area (Å²) in [5.74, 6) is -0.0599. The predicted molar refractivity (Wildman–Crippen MR) is 110 cm³/mol. The van der Waals surface area contributed by atoms with Crippen molar-refractivity contribution in [3.63, 3.8) is 0 Å². The number of amides is 1. The Morgan fingerprint density at radius 3 is 2.88 bits per heavy atom. The monoisotopic (exact) mass is 384 g/mol. The highest BCUT2D eigenvalue weighted by molar-refractivity contribution is 7.21. The van der Waals surface area contributed by atoms with E-state index in [-0.39, 0.29) is 12.1 Å². The molecular formula is C19H24N4OSSi. The lowest BCUT2D eigenvalue weighted by Crippen LogP contribution is -2.49. The number of carbonyl (C=O) groups excluding carboxylic acids is 1. The van der Waals surface area contributed by atoms with Gasteiger partial charge in [0, 0.05) is 5.56 Å². The Kier molecular flexibility index (Phi) is 4.68. The van der Waals surface area contributed by atoms with Gasteiger partial charge in [0.2, 0.25) is 0 Å². The van der Waals surface area contributed by atoms with Crippen molar-refractivity contribution < 1.29 is 4.79 Å². The molecule has 2 aromatic heterocycles. The molecule has 1 fully saturated rings. The summed E-state index contributed by atoms with van der Waals surface area (Å²) in [6.07, 6.45) is 3.29. The highest BCUT2D eigenvalue weighted by atomic mass is 32.1. The number of rotatable bonds is 3. The number of benzene rings is 1. The first-order valence-corrected chi connectivity index (χ1v) is 13.3. The van der Waals surface area contributed by atoms with E-state index in [2.05, 4.69) is 33.7 Å². The maximum absolute atomic E-state index is 12.6. The molecule has 26 heavy (non-hydrogen) atoms. The Morgan fingerprint density at radius 2 is 2.12 bits per heavy atom. The Balaban J connectivity index is 1.47. The molecule has 7 heteroatoms. The molecule has 1 saturated heterocycles. The van der Waals surface area contributed by atoms with Crippen LogP contribution in [-0.4, -0.2) is 36.3 Å². The van der Waals surface area contributed by atoms with E-state index in [1.165, 1.54) is 12.5 Å². The quantitative estimate of drug-likeness (QED) is 0.598. The molecule has 1 aromatic carbocycles. The van der Waals surface area contributed by atoms with Gasteiger partial charge in [-0.2, -0.15) is 0 Å². The van der Waals surface area contributed by atoms with E-state index in [0.717, 1.165) is 33.5 Å². The zero-order valence-electron chi connectivity index (χ0n) is 15.1. The first-order chi connectivity index (χ1) is 12.5. The molecule has 1 aliphatic heterocycles. The van der Waals surface area contributed by atoms with Gasteiger partial charge in [-0.25, -0.2) is 4.98 Å². The smallest absolute Gasteiger partial charge is 0.269 e. The van der Waals surface area contributed by atoms with E-state index in [4.69, 9.17) is 0 Å². The van der Waals surface area contributed by atoms with Gasteiger partial charge in [0.25, 0.3) is 5.91 Å². The second-order valence-electron chi connectivity index (χ2n) is 7.74. The van der Waals surface area contributed by atoms with Crippen molar-refractivity contribution in [1.82, 2.24) is 20.6 Å². The summed E-state index contributed by atoms with van der Waals surface area (Å²) in [5, 5.41) is 7.63. The molecule has 3 N–H and O–H groups in total. The van der Waals surface area contributed by atoms with Crippen LogP contribution in [0.15, 0.2) is 36.4 Å². The number of hydrogen-bond donors (Lipinski definition) is 3. The van der Waals surface area contributed by atoms with E-state index in [1.807, 2.05) is 36.4 Å². The average Bonchev–Trinajstić information content (AvgIpc) is 3.14. The topological polar surface area (TPSA) is 69.8 Å². The van der Waals surface area contributed by atoms with Gasteiger partial charge in [0.05, 0.1) is 18.9 Å². The van der Waals surface area contributed by atoms with Crippen LogP contribution in [0.25, 0.3) is 20.9 Å². The van der Waals surface area contributed by atoms with Crippen molar-refractivity contribution >= 4 is 35.7 Å². The minimum Gasteiger partial charge on any atom is -0.335 e. The summed E-state index contributed by atoms with van der Waals surface area (Å²) in [7, 11) is -1.15. The van der Waals surface area contributed by atoms with E-state index in [0.29, 0.717) is 5.69 Å². The number of H-pyrrole nitrogens is 1. The highest BCUT2D eigenvalue weighted by Crippen LogP contribution is 2.30. The fourth-order valence-electron chi connectivity index (χ4n) is 3.37. The zero-order valence-corrected chi connectivity index (χ0v) is 17.0. The van der Waals surface area contributed by atoms with E-state index in [1.54, 1.807) is 11.3 Å². The van der Waals surface area contributed by atoms with Crippen LogP contribution in [0, 0.1) is 0 Å². The van der Waals surface area contributed by atoms with Gasteiger partial charge in [-0.3, -0.25) is 4.79 Å². The summed E-state index contributed by atoms with van der Waals surface area (Å²) < 4.78 is 1.01. The van der Waals surface area contributed by atoms with Gasteiger partial charge in [-0.05, 0) is 18.7 Å². The van der Waals surface area contributed by atoms with Gasteiger partial charge >= 0.3 is 0 Å². The molecule has 5 nitrogen and oxygen atoms in total. The molecule has 0 unspecified atom stereocenters. The van der Waals surface area contributed by atoms with Crippen molar-refractivity contribution in [3.05, 3.63) is 42.1 Å². The van der Waals surface area contributed by atoms with Gasteiger partial charge in [-0.15, -0.1) is 11.3 Å². The standard InChI is InChI=1S/C19H24N4OSSi/c1-26(2)10-6-9-16(20-12-26)22-18(24)14-11-15-17(21-14)23-19(25-15)13-7-4-3-5-8-13/h3-5,7-8,11,16,20-21H,6,9-10,12H2,1-2H3,(H,22,24)/t16-/m0/s1. The normalized spacial score (nSPS) is 20.0. The number of carbonyl (C=O) groups is 1. The number of aromatic nitrogens is 2. The minimum atomic E-state index is -1.15. The fraction of sp³-hybridized carbons (Fsp3) is 0.368. The van der Waals surface area contributed by atoms with Crippen LogP contribution in [0.5, 0.6) is 0 Å². The van der Waals surface area contributed by atoms with Crippen molar-refractivity contribution in [2.24, 2.45) is 0 Å². The molecule has 4 rings (SSSR count). The van der Waals surface area contributed by atoms with Crippen LogP contribution in [0.1, 0.15) is 23.3 Å². The molecule has 1 amide bonds. The van der Waals surface area contributed by atoms with Crippen molar-refractivity contribution in [1.29, 1.82) is 0 Å². The molecule has 0 spiro atoms. The number of nitrogens with zero attached hydrogens (tertiary/aromatic N) is 1. The number of aromatic amines is 1. The number of fused-ring (bicyclic) bond motifs is 1. The third-order valence-electron chi connectivity index (χ3n) is 4.93. The minimum absolute atomic E-state index is 0.0599. The van der Waals surface area contributed by atoms with E-state index < -0.39 is 8.07 Å².